The lowest BCUT2D eigenvalue weighted by Gasteiger charge is -2.10. The van der Waals surface area contributed by atoms with Crippen molar-refractivity contribution >= 4 is 17.3 Å². The molecule has 1 heterocycles. The lowest BCUT2D eigenvalue weighted by atomic mass is 10.1. The zero-order valence-electron chi connectivity index (χ0n) is 10.7. The van der Waals surface area contributed by atoms with Gasteiger partial charge in [0.25, 0.3) is 0 Å². The van der Waals surface area contributed by atoms with Crippen molar-refractivity contribution in [2.24, 2.45) is 0 Å². The van der Waals surface area contributed by atoms with Gasteiger partial charge in [0.15, 0.2) is 0 Å². The van der Waals surface area contributed by atoms with E-state index in [0.717, 1.165) is 12.2 Å². The summed E-state index contributed by atoms with van der Waals surface area (Å²) in [5.41, 5.74) is 7.33. The lowest BCUT2D eigenvalue weighted by Crippen LogP contribution is -2.11. The highest BCUT2D eigenvalue weighted by molar-refractivity contribution is 5.96. The van der Waals surface area contributed by atoms with Crippen LogP contribution in [0, 0.1) is 0 Å². The first-order chi connectivity index (χ1) is 9.20. The van der Waals surface area contributed by atoms with Gasteiger partial charge in [0, 0.05) is 24.3 Å². The van der Waals surface area contributed by atoms with Gasteiger partial charge in [-0.15, -0.1) is 0 Å². The smallest absolute Gasteiger partial charge is 0.340 e. The molecule has 0 radical (unpaired) electrons. The van der Waals surface area contributed by atoms with Crippen molar-refractivity contribution in [3.05, 3.63) is 47.9 Å². The quantitative estimate of drug-likeness (QED) is 0.637. The van der Waals surface area contributed by atoms with Crippen molar-refractivity contribution in [3.63, 3.8) is 0 Å². The average Bonchev–Trinajstić information content (AvgIpc) is 2.92. The van der Waals surface area contributed by atoms with Crippen LogP contribution in [0.25, 0.3) is 0 Å². The molecule has 0 atom stereocenters. The fraction of sp³-hybridized carbons (Fsp3) is 0.214. The number of carbonyl (C=O) groups is 1. The molecule has 0 aliphatic carbocycles. The molecule has 3 N–H and O–H groups in total. The van der Waals surface area contributed by atoms with Crippen LogP contribution in [0.4, 0.5) is 11.4 Å². The highest BCUT2D eigenvalue weighted by Gasteiger charge is 2.12. The maximum Gasteiger partial charge on any atom is 0.340 e. The Morgan fingerprint density at radius 3 is 2.95 bits per heavy atom. The zero-order valence-corrected chi connectivity index (χ0v) is 10.7. The van der Waals surface area contributed by atoms with Crippen LogP contribution < -0.4 is 11.1 Å². The molecule has 2 rings (SSSR count). The zero-order chi connectivity index (χ0) is 13.7. The molecule has 2 aromatic rings. The number of nitrogens with two attached hydrogens (primary N) is 1. The molecule has 0 fully saturated rings. The second-order valence-corrected chi connectivity index (χ2v) is 4.05. The summed E-state index contributed by atoms with van der Waals surface area (Å²) in [7, 11) is 1.35. The summed E-state index contributed by atoms with van der Waals surface area (Å²) in [5, 5.41) is 3.18. The van der Waals surface area contributed by atoms with E-state index in [-0.39, 0.29) is 0 Å². The van der Waals surface area contributed by atoms with Gasteiger partial charge in [-0.2, -0.15) is 0 Å². The second-order valence-electron chi connectivity index (χ2n) is 4.05. The number of esters is 1. The molecule has 0 amide bonds. The van der Waals surface area contributed by atoms with Crippen molar-refractivity contribution in [3.8, 4) is 0 Å². The van der Waals surface area contributed by atoms with Gasteiger partial charge in [0.2, 0.25) is 0 Å². The molecule has 0 unspecified atom stereocenters. The summed E-state index contributed by atoms with van der Waals surface area (Å²) in [6, 6.07) is 8.86. The number of carbonyl (C=O) groups excluding carboxylic acids is 1. The molecule has 0 bridgehead atoms. The monoisotopic (exact) mass is 260 g/mol. The molecule has 0 spiro atoms. The van der Waals surface area contributed by atoms with Gasteiger partial charge in [-0.1, -0.05) is 0 Å². The Morgan fingerprint density at radius 1 is 1.42 bits per heavy atom. The molecular formula is C14H16N2O3. The predicted molar refractivity (Wildman–Crippen MR) is 73.1 cm³/mol. The number of furan rings is 1. The summed E-state index contributed by atoms with van der Waals surface area (Å²) in [6.07, 6.45) is 2.37. The third kappa shape index (κ3) is 3.28. The van der Waals surface area contributed by atoms with Crippen LogP contribution in [0.15, 0.2) is 41.0 Å². The molecule has 19 heavy (non-hydrogen) atoms. The molecule has 1 aromatic heterocycles. The summed E-state index contributed by atoms with van der Waals surface area (Å²) in [5.74, 6) is 0.482. The third-order valence-electron chi connectivity index (χ3n) is 2.72. The fourth-order valence-electron chi connectivity index (χ4n) is 1.77. The Hall–Kier alpha value is -2.43. The number of nitrogens with one attached hydrogen (secondary N) is 1. The van der Waals surface area contributed by atoms with E-state index >= 15 is 0 Å². The number of anilines is 2. The summed E-state index contributed by atoms with van der Waals surface area (Å²) >= 11 is 0. The number of methoxy groups -OCH3 is 1. The standard InChI is InChI=1S/C14H16N2O3/c1-18-14(17)12-9-10(15)4-5-13(12)16-7-6-11-3-2-8-19-11/h2-5,8-9,16H,6-7,15H2,1H3. The van der Waals surface area contributed by atoms with Crippen LogP contribution in [0.2, 0.25) is 0 Å². The van der Waals surface area contributed by atoms with Crippen molar-refractivity contribution < 1.29 is 13.9 Å². The first-order valence-corrected chi connectivity index (χ1v) is 5.95. The van der Waals surface area contributed by atoms with Gasteiger partial charge in [0.05, 0.1) is 18.9 Å². The number of ether oxygens (including phenoxy) is 1. The van der Waals surface area contributed by atoms with Gasteiger partial charge in [-0.3, -0.25) is 0 Å². The topological polar surface area (TPSA) is 77.5 Å². The highest BCUT2D eigenvalue weighted by atomic mass is 16.5. The van der Waals surface area contributed by atoms with E-state index in [4.69, 9.17) is 14.9 Å². The largest absolute Gasteiger partial charge is 0.469 e. The highest BCUT2D eigenvalue weighted by Crippen LogP contribution is 2.20. The first kappa shape index (κ1) is 13.0. The summed E-state index contributed by atoms with van der Waals surface area (Å²) in [6.45, 7) is 0.654. The predicted octanol–water partition coefficient (Wildman–Crippen LogP) is 2.30. The second kappa shape index (κ2) is 5.95. The minimum Gasteiger partial charge on any atom is -0.469 e. The van der Waals surface area contributed by atoms with Crippen LogP contribution in [0.5, 0.6) is 0 Å². The molecule has 5 heteroatoms. The van der Waals surface area contributed by atoms with E-state index in [9.17, 15) is 4.79 Å². The Morgan fingerprint density at radius 2 is 2.26 bits per heavy atom. The normalized spacial score (nSPS) is 10.2. The molecule has 5 nitrogen and oxygen atoms in total. The summed E-state index contributed by atoms with van der Waals surface area (Å²) in [4.78, 5) is 11.6. The Balaban J connectivity index is 2.04. The van der Waals surface area contributed by atoms with Crippen molar-refractivity contribution in [1.82, 2.24) is 0 Å². The maximum absolute atomic E-state index is 11.6. The fourth-order valence-corrected chi connectivity index (χ4v) is 1.77. The van der Waals surface area contributed by atoms with Crippen molar-refractivity contribution in [1.29, 1.82) is 0 Å². The Labute approximate surface area is 111 Å². The lowest BCUT2D eigenvalue weighted by molar-refractivity contribution is 0.0602. The van der Waals surface area contributed by atoms with E-state index in [1.807, 2.05) is 12.1 Å². The maximum atomic E-state index is 11.6. The third-order valence-corrected chi connectivity index (χ3v) is 2.72. The van der Waals surface area contributed by atoms with Crippen LogP contribution in [0.3, 0.4) is 0 Å². The first-order valence-electron chi connectivity index (χ1n) is 5.95. The number of rotatable bonds is 5. The molecule has 1 aromatic carbocycles. The number of hydrogen-bond acceptors (Lipinski definition) is 5. The van der Waals surface area contributed by atoms with Crippen molar-refractivity contribution in [2.75, 3.05) is 24.7 Å². The van der Waals surface area contributed by atoms with E-state index < -0.39 is 5.97 Å². The summed E-state index contributed by atoms with van der Waals surface area (Å²) < 4.78 is 9.97. The van der Waals surface area contributed by atoms with Gasteiger partial charge in [-0.25, -0.2) is 4.79 Å². The molecular weight excluding hydrogens is 244 g/mol. The van der Waals surface area contributed by atoms with Gasteiger partial charge >= 0.3 is 5.97 Å². The van der Waals surface area contributed by atoms with E-state index in [1.54, 1.807) is 24.5 Å². The number of benzene rings is 1. The molecule has 0 saturated heterocycles. The van der Waals surface area contributed by atoms with Gasteiger partial charge < -0.3 is 20.2 Å². The molecule has 0 saturated carbocycles. The number of nitrogen functional groups attached to an aromatic ring is 1. The number of hydrogen-bond donors (Lipinski definition) is 2. The molecule has 100 valence electrons. The van der Waals surface area contributed by atoms with Crippen molar-refractivity contribution in [2.45, 2.75) is 6.42 Å². The molecule has 0 aliphatic heterocycles. The Bertz CT molecular complexity index is 550. The van der Waals surface area contributed by atoms with E-state index in [0.29, 0.717) is 23.5 Å². The van der Waals surface area contributed by atoms with Gasteiger partial charge in [-0.05, 0) is 30.3 Å². The average molecular weight is 260 g/mol. The molecule has 0 aliphatic rings. The van der Waals surface area contributed by atoms with E-state index in [1.165, 1.54) is 7.11 Å². The van der Waals surface area contributed by atoms with Crippen LogP contribution in [0.1, 0.15) is 16.1 Å². The SMILES string of the molecule is COC(=O)c1cc(N)ccc1NCCc1ccco1. The minimum absolute atomic E-state index is 0.409. The van der Waals surface area contributed by atoms with Crippen LogP contribution in [-0.4, -0.2) is 19.6 Å². The van der Waals surface area contributed by atoms with Crippen LogP contribution in [-0.2, 0) is 11.2 Å². The Kier molecular flexibility index (Phi) is 4.07. The van der Waals surface area contributed by atoms with Crippen LogP contribution >= 0.6 is 0 Å². The minimum atomic E-state index is -0.409. The van der Waals surface area contributed by atoms with E-state index in [2.05, 4.69) is 5.32 Å². The van der Waals surface area contributed by atoms with Gasteiger partial charge in [0.1, 0.15) is 5.76 Å².